The second-order valence-corrected chi connectivity index (χ2v) is 9.67. The summed E-state index contributed by atoms with van der Waals surface area (Å²) in [4.78, 5) is 56.2. The first-order valence-corrected chi connectivity index (χ1v) is 12.9. The minimum atomic E-state index is -0.921. The van der Waals surface area contributed by atoms with Crippen LogP contribution in [-0.2, 0) is 25.5 Å². The van der Waals surface area contributed by atoms with Crippen molar-refractivity contribution in [2.24, 2.45) is 5.92 Å². The van der Waals surface area contributed by atoms with Gasteiger partial charge in [-0.3, -0.25) is 19.2 Å². The third kappa shape index (κ3) is 8.41. The molecule has 0 aliphatic carbocycles. The zero-order valence-electron chi connectivity index (χ0n) is 22.1. The standard InChI is InChI=1S/C27H37N5O6/c1-17(2)23-27-31-21(16-38-27)24(34)28-13-8-7-11-19(29-22(33)12-14-37-3)25(35)30-20(26(36)32-23)15-18-9-5-4-6-10-18/h4-6,9-10,16-17,19-20,23H,7-8,11-15H2,1-3H3,(H,28,34)(H,29,33)(H,30,35)(H,32,36)/t19-,20-,23-/m0/s1. The van der Waals surface area contributed by atoms with E-state index in [9.17, 15) is 19.2 Å². The van der Waals surface area contributed by atoms with Crippen molar-refractivity contribution < 1.29 is 28.3 Å². The molecule has 1 aromatic heterocycles. The molecule has 0 spiro atoms. The van der Waals surface area contributed by atoms with Gasteiger partial charge in [-0.15, -0.1) is 0 Å². The Balaban J connectivity index is 1.90. The summed E-state index contributed by atoms with van der Waals surface area (Å²) in [6, 6.07) is 6.95. The van der Waals surface area contributed by atoms with E-state index in [4.69, 9.17) is 9.15 Å². The van der Waals surface area contributed by atoms with Gasteiger partial charge >= 0.3 is 0 Å². The van der Waals surface area contributed by atoms with E-state index in [-0.39, 0.29) is 48.8 Å². The molecular weight excluding hydrogens is 490 g/mol. The van der Waals surface area contributed by atoms with E-state index in [1.54, 1.807) is 0 Å². The monoisotopic (exact) mass is 527 g/mol. The van der Waals surface area contributed by atoms with E-state index < -0.39 is 29.9 Å². The van der Waals surface area contributed by atoms with E-state index in [0.717, 1.165) is 5.56 Å². The highest BCUT2D eigenvalue weighted by Gasteiger charge is 2.31. The number of aromatic nitrogens is 1. The average molecular weight is 528 g/mol. The fraction of sp³-hybridized carbons (Fsp3) is 0.519. The minimum absolute atomic E-state index is 0.109. The molecule has 1 aliphatic rings. The summed E-state index contributed by atoms with van der Waals surface area (Å²) in [5.41, 5.74) is 0.989. The van der Waals surface area contributed by atoms with E-state index in [1.165, 1.54) is 13.4 Å². The molecule has 2 bridgehead atoms. The number of benzene rings is 1. The van der Waals surface area contributed by atoms with Gasteiger partial charge in [0.25, 0.3) is 5.91 Å². The number of hydrogen-bond donors (Lipinski definition) is 4. The van der Waals surface area contributed by atoms with Gasteiger partial charge in [0.05, 0.1) is 6.61 Å². The van der Waals surface area contributed by atoms with Crippen LogP contribution in [-0.4, -0.2) is 61.0 Å². The Kier molecular flexibility index (Phi) is 10.8. The number of rotatable bonds is 7. The average Bonchev–Trinajstić information content (AvgIpc) is 3.39. The van der Waals surface area contributed by atoms with E-state index in [2.05, 4.69) is 26.3 Å². The van der Waals surface area contributed by atoms with Crippen LogP contribution >= 0.6 is 0 Å². The van der Waals surface area contributed by atoms with Crippen LogP contribution in [0.15, 0.2) is 41.0 Å². The van der Waals surface area contributed by atoms with E-state index in [0.29, 0.717) is 25.8 Å². The number of ether oxygens (including phenoxy) is 1. The van der Waals surface area contributed by atoms with Gasteiger partial charge < -0.3 is 30.4 Å². The van der Waals surface area contributed by atoms with Gasteiger partial charge in [0.1, 0.15) is 24.4 Å². The fourth-order valence-corrected chi connectivity index (χ4v) is 4.13. The quantitative estimate of drug-likeness (QED) is 0.427. The lowest BCUT2D eigenvalue weighted by Gasteiger charge is -2.26. The fourth-order valence-electron chi connectivity index (χ4n) is 4.13. The molecule has 0 saturated carbocycles. The highest BCUT2D eigenvalue weighted by Crippen LogP contribution is 2.22. The van der Waals surface area contributed by atoms with Crippen LogP contribution in [0, 0.1) is 5.92 Å². The zero-order chi connectivity index (χ0) is 27.5. The summed E-state index contributed by atoms with van der Waals surface area (Å²) < 4.78 is 10.5. The van der Waals surface area contributed by atoms with Crippen molar-refractivity contribution >= 4 is 23.6 Å². The van der Waals surface area contributed by atoms with Crippen molar-refractivity contribution in [1.29, 1.82) is 0 Å². The van der Waals surface area contributed by atoms with Gasteiger partial charge in [0.2, 0.25) is 23.6 Å². The summed E-state index contributed by atoms with van der Waals surface area (Å²) in [7, 11) is 1.50. The number of nitrogens with zero attached hydrogens (tertiary/aromatic N) is 1. The minimum Gasteiger partial charge on any atom is -0.446 e. The Morgan fingerprint density at radius 1 is 1.13 bits per heavy atom. The number of carbonyl (C=O) groups is 4. The Morgan fingerprint density at radius 2 is 1.89 bits per heavy atom. The number of methoxy groups -OCH3 is 1. The number of nitrogens with one attached hydrogen (secondary N) is 4. The highest BCUT2D eigenvalue weighted by molar-refractivity contribution is 5.93. The second kappa shape index (κ2) is 14.3. The van der Waals surface area contributed by atoms with Crippen LogP contribution in [0.25, 0.3) is 0 Å². The second-order valence-electron chi connectivity index (χ2n) is 9.67. The summed E-state index contributed by atoms with van der Waals surface area (Å²) in [6.45, 7) is 4.38. The molecule has 11 heteroatoms. The summed E-state index contributed by atoms with van der Waals surface area (Å²) in [6.07, 6.45) is 3.10. The van der Waals surface area contributed by atoms with Crippen molar-refractivity contribution in [3.8, 4) is 0 Å². The lowest BCUT2D eigenvalue weighted by Crippen LogP contribution is -2.55. The molecule has 0 saturated heterocycles. The number of oxazole rings is 1. The smallest absolute Gasteiger partial charge is 0.273 e. The molecule has 4 N–H and O–H groups in total. The van der Waals surface area contributed by atoms with Crippen molar-refractivity contribution in [2.45, 2.75) is 64.1 Å². The normalized spacial score (nSPS) is 21.4. The molecule has 3 atom stereocenters. The molecule has 1 aromatic carbocycles. The molecule has 38 heavy (non-hydrogen) atoms. The number of hydrogen-bond acceptors (Lipinski definition) is 7. The van der Waals surface area contributed by atoms with Gasteiger partial charge in [-0.2, -0.15) is 0 Å². The van der Waals surface area contributed by atoms with Gasteiger partial charge in [-0.25, -0.2) is 4.98 Å². The number of fused-ring (bicyclic) bond motifs is 2. The van der Waals surface area contributed by atoms with Crippen molar-refractivity contribution in [3.63, 3.8) is 0 Å². The first-order valence-electron chi connectivity index (χ1n) is 12.9. The van der Waals surface area contributed by atoms with E-state index >= 15 is 0 Å². The molecule has 1 aliphatic heterocycles. The maximum atomic E-state index is 13.5. The third-order valence-electron chi connectivity index (χ3n) is 6.29. The molecule has 0 radical (unpaired) electrons. The Morgan fingerprint density at radius 3 is 2.61 bits per heavy atom. The predicted octanol–water partition coefficient (Wildman–Crippen LogP) is 1.65. The first-order chi connectivity index (χ1) is 18.3. The Labute approximate surface area is 222 Å². The SMILES string of the molecule is COCCC(=O)N[C@H]1CCCCNC(=O)c2coc(n2)[C@H](C(C)C)NC(=O)[C@H](Cc2ccccc2)NC1=O. The van der Waals surface area contributed by atoms with Crippen LogP contribution in [0.4, 0.5) is 0 Å². The maximum absolute atomic E-state index is 13.5. The lowest BCUT2D eigenvalue weighted by molar-refractivity contribution is -0.132. The number of carbonyl (C=O) groups excluding carboxylic acids is 4. The van der Waals surface area contributed by atoms with Crippen LogP contribution in [0.2, 0.25) is 0 Å². The van der Waals surface area contributed by atoms with Crippen LogP contribution < -0.4 is 21.3 Å². The van der Waals surface area contributed by atoms with Crippen molar-refractivity contribution in [3.05, 3.63) is 53.7 Å². The molecule has 2 aromatic rings. The van der Waals surface area contributed by atoms with Crippen LogP contribution in [0.3, 0.4) is 0 Å². The van der Waals surface area contributed by atoms with Gasteiger partial charge in [-0.05, 0) is 30.7 Å². The Hall–Kier alpha value is -3.73. The topological polar surface area (TPSA) is 152 Å². The predicted molar refractivity (Wildman–Crippen MR) is 139 cm³/mol. The molecule has 3 rings (SSSR count). The number of amides is 4. The van der Waals surface area contributed by atoms with Crippen LogP contribution in [0.1, 0.15) is 67.5 Å². The van der Waals surface area contributed by atoms with Crippen molar-refractivity contribution in [1.82, 2.24) is 26.3 Å². The molecule has 206 valence electrons. The summed E-state index contributed by atoms with van der Waals surface area (Å²) in [5.74, 6) is -1.50. The largest absolute Gasteiger partial charge is 0.446 e. The zero-order valence-corrected chi connectivity index (χ0v) is 22.1. The molecular formula is C27H37N5O6. The Bertz CT molecular complexity index is 1090. The first kappa shape index (κ1) is 28.8. The van der Waals surface area contributed by atoms with Crippen molar-refractivity contribution in [2.75, 3.05) is 20.3 Å². The third-order valence-corrected chi connectivity index (χ3v) is 6.29. The summed E-state index contributed by atoms with van der Waals surface area (Å²) in [5, 5.41) is 11.3. The van der Waals surface area contributed by atoms with E-state index in [1.807, 2.05) is 44.2 Å². The molecule has 2 heterocycles. The van der Waals surface area contributed by atoms with Gasteiger partial charge in [0.15, 0.2) is 5.69 Å². The van der Waals surface area contributed by atoms with Crippen LogP contribution in [0.5, 0.6) is 0 Å². The molecule has 0 fully saturated rings. The molecule has 11 nitrogen and oxygen atoms in total. The lowest BCUT2D eigenvalue weighted by atomic mass is 10.0. The molecule has 4 amide bonds. The molecule has 0 unspecified atom stereocenters. The highest BCUT2D eigenvalue weighted by atomic mass is 16.5. The van der Waals surface area contributed by atoms with Gasteiger partial charge in [0, 0.05) is 26.5 Å². The van der Waals surface area contributed by atoms with Gasteiger partial charge in [-0.1, -0.05) is 44.2 Å². The summed E-state index contributed by atoms with van der Waals surface area (Å²) >= 11 is 0. The maximum Gasteiger partial charge on any atom is 0.273 e.